The van der Waals surface area contributed by atoms with Crippen LogP contribution < -0.4 is 0 Å². The third-order valence-corrected chi connectivity index (χ3v) is 4.66. The zero-order valence-electron chi connectivity index (χ0n) is 11.5. The molecule has 2 aliphatic heterocycles. The Morgan fingerprint density at radius 3 is 3.00 bits per heavy atom. The lowest BCUT2D eigenvalue weighted by atomic mass is 9.97. The van der Waals surface area contributed by atoms with E-state index in [-0.39, 0.29) is 22.7 Å². The third-order valence-electron chi connectivity index (χ3n) is 4.12. The second-order valence-electron chi connectivity index (χ2n) is 5.31. The molecule has 0 aromatic heterocycles. The molecule has 1 unspecified atom stereocenters. The van der Waals surface area contributed by atoms with Gasteiger partial charge in [0.25, 0.3) is 0 Å². The minimum Gasteiger partial charge on any atom is -0.457 e. The Hall–Kier alpha value is -0.160. The van der Waals surface area contributed by atoms with Crippen molar-refractivity contribution >= 4 is 45.9 Å². The van der Waals surface area contributed by atoms with Crippen molar-refractivity contribution in [3.63, 3.8) is 0 Å². The highest BCUT2D eigenvalue weighted by atomic mass is 79.9. The lowest BCUT2D eigenvalue weighted by Crippen LogP contribution is -2.41. The molecule has 1 aromatic rings. The van der Waals surface area contributed by atoms with Gasteiger partial charge in [0, 0.05) is 35.7 Å². The van der Waals surface area contributed by atoms with Crippen LogP contribution in [0.3, 0.4) is 0 Å². The van der Waals surface area contributed by atoms with Crippen LogP contribution in [0.25, 0.3) is 0 Å². The van der Waals surface area contributed by atoms with Crippen LogP contribution in [0.2, 0.25) is 5.02 Å². The molecular formula is C15H19BrClNOS. The molecule has 0 saturated carbocycles. The molecule has 0 radical (unpaired) electrons. The third kappa shape index (κ3) is 2.52. The largest absolute Gasteiger partial charge is 0.457 e. The summed E-state index contributed by atoms with van der Waals surface area (Å²) in [6, 6.07) is 5.96. The summed E-state index contributed by atoms with van der Waals surface area (Å²) in [5.74, 6) is 0. The average molecular weight is 377 g/mol. The van der Waals surface area contributed by atoms with E-state index in [0.29, 0.717) is 5.05 Å². The van der Waals surface area contributed by atoms with E-state index in [0.717, 1.165) is 36.5 Å². The first kappa shape index (κ1) is 16.2. The normalized spacial score (nSPS) is 24.6. The van der Waals surface area contributed by atoms with Gasteiger partial charge < -0.3 is 4.74 Å². The molecule has 0 bridgehead atoms. The topological polar surface area (TPSA) is 12.5 Å². The van der Waals surface area contributed by atoms with E-state index in [9.17, 15) is 0 Å². The van der Waals surface area contributed by atoms with Gasteiger partial charge in [0.1, 0.15) is 0 Å². The smallest absolute Gasteiger partial charge is 0.194 e. The van der Waals surface area contributed by atoms with Crippen LogP contribution in [0.5, 0.6) is 0 Å². The molecule has 5 heteroatoms. The van der Waals surface area contributed by atoms with Crippen LogP contribution in [0.15, 0.2) is 18.2 Å². The van der Waals surface area contributed by atoms with E-state index < -0.39 is 0 Å². The summed E-state index contributed by atoms with van der Waals surface area (Å²) in [7, 11) is 0. The first-order valence-electron chi connectivity index (χ1n) is 6.96. The van der Waals surface area contributed by atoms with Crippen LogP contribution in [-0.4, -0.2) is 23.0 Å². The number of hydrogen-bond donors (Lipinski definition) is 0. The molecule has 1 atom stereocenters. The van der Waals surface area contributed by atoms with Crippen LogP contribution in [0, 0.1) is 0 Å². The SMILES string of the molecule is Br.CCCCN1CCCC12OC(=S)c1cc(Cl)ccc12. The average Bonchev–Trinajstić information content (AvgIpc) is 2.91. The van der Waals surface area contributed by atoms with E-state index >= 15 is 0 Å². The van der Waals surface area contributed by atoms with Gasteiger partial charge in [-0.15, -0.1) is 17.0 Å². The van der Waals surface area contributed by atoms with Crippen molar-refractivity contribution < 1.29 is 4.74 Å². The number of fused-ring (bicyclic) bond motifs is 2. The second-order valence-corrected chi connectivity index (χ2v) is 6.12. The molecule has 2 nitrogen and oxygen atoms in total. The highest BCUT2D eigenvalue weighted by Gasteiger charge is 2.50. The van der Waals surface area contributed by atoms with E-state index in [1.807, 2.05) is 12.1 Å². The molecule has 2 aliphatic rings. The van der Waals surface area contributed by atoms with Crippen LogP contribution in [0.4, 0.5) is 0 Å². The molecule has 0 amide bonds. The maximum absolute atomic E-state index is 6.14. The van der Waals surface area contributed by atoms with Gasteiger partial charge in [-0.05, 0) is 37.2 Å². The summed E-state index contributed by atoms with van der Waals surface area (Å²) < 4.78 is 6.14. The van der Waals surface area contributed by atoms with Crippen LogP contribution in [-0.2, 0) is 10.5 Å². The highest BCUT2D eigenvalue weighted by molar-refractivity contribution is 8.93. The number of likely N-dealkylation sites (tertiary alicyclic amines) is 1. The first-order valence-corrected chi connectivity index (χ1v) is 7.74. The Balaban J connectivity index is 0.00000147. The Bertz CT molecular complexity index is 525. The van der Waals surface area contributed by atoms with E-state index in [2.05, 4.69) is 17.9 Å². The molecule has 2 heterocycles. The number of hydrogen-bond acceptors (Lipinski definition) is 3. The number of nitrogens with zero attached hydrogens (tertiary/aromatic N) is 1. The number of unbranched alkanes of at least 4 members (excludes halogenated alkanes) is 1. The van der Waals surface area contributed by atoms with Gasteiger partial charge >= 0.3 is 0 Å². The number of thiocarbonyl (C=S) groups is 1. The number of benzene rings is 1. The molecule has 0 N–H and O–H groups in total. The standard InChI is InChI=1S/C15H18ClNOS.BrH/c1-2-3-8-17-9-4-7-15(17)13-6-5-11(16)10-12(13)14(19)18-15;/h5-6,10H,2-4,7-9H2,1H3;1H. The van der Waals surface area contributed by atoms with Crippen molar-refractivity contribution in [2.45, 2.75) is 38.3 Å². The fraction of sp³-hybridized carbons (Fsp3) is 0.533. The molecule has 0 aliphatic carbocycles. The van der Waals surface area contributed by atoms with E-state index in [1.165, 1.54) is 18.4 Å². The van der Waals surface area contributed by atoms with Crippen molar-refractivity contribution in [3.8, 4) is 0 Å². The Kier molecular flexibility index (Phi) is 5.11. The summed E-state index contributed by atoms with van der Waals surface area (Å²) in [6.45, 7) is 4.38. The second kappa shape index (κ2) is 6.30. The summed E-state index contributed by atoms with van der Waals surface area (Å²) >= 11 is 11.5. The highest BCUT2D eigenvalue weighted by Crippen LogP contribution is 2.47. The summed E-state index contributed by atoms with van der Waals surface area (Å²) in [5.41, 5.74) is 1.90. The zero-order chi connectivity index (χ0) is 13.5. The van der Waals surface area contributed by atoms with Gasteiger partial charge in [0.2, 0.25) is 0 Å². The van der Waals surface area contributed by atoms with E-state index in [4.69, 9.17) is 28.6 Å². The molecule has 20 heavy (non-hydrogen) atoms. The monoisotopic (exact) mass is 375 g/mol. The van der Waals surface area contributed by atoms with Crippen molar-refractivity contribution in [1.82, 2.24) is 4.90 Å². The van der Waals surface area contributed by atoms with Crippen LogP contribution in [0.1, 0.15) is 43.7 Å². The molecule has 110 valence electrons. The van der Waals surface area contributed by atoms with Gasteiger partial charge in [-0.1, -0.05) is 31.0 Å². The maximum Gasteiger partial charge on any atom is 0.194 e. The fourth-order valence-electron chi connectivity index (χ4n) is 3.20. The van der Waals surface area contributed by atoms with E-state index in [1.54, 1.807) is 0 Å². The molecular weight excluding hydrogens is 358 g/mol. The molecule has 3 rings (SSSR count). The summed E-state index contributed by atoms with van der Waals surface area (Å²) in [5, 5.41) is 1.32. The predicted octanol–water partition coefficient (Wildman–Crippen LogP) is 4.67. The fourth-order valence-corrected chi connectivity index (χ4v) is 3.68. The molecule has 1 fully saturated rings. The van der Waals surface area contributed by atoms with Crippen LogP contribution >= 0.6 is 40.8 Å². The molecule has 1 spiro atoms. The maximum atomic E-state index is 6.14. The molecule has 1 saturated heterocycles. The quantitative estimate of drug-likeness (QED) is 0.711. The van der Waals surface area contributed by atoms with Crippen molar-refractivity contribution in [2.24, 2.45) is 0 Å². The zero-order valence-corrected chi connectivity index (χ0v) is 14.8. The predicted molar refractivity (Wildman–Crippen MR) is 92.0 cm³/mol. The summed E-state index contributed by atoms with van der Waals surface area (Å²) in [6.07, 6.45) is 4.57. The van der Waals surface area contributed by atoms with Gasteiger partial charge in [-0.3, -0.25) is 4.90 Å². The number of ether oxygens (including phenoxy) is 1. The minimum atomic E-state index is -0.313. The number of rotatable bonds is 3. The van der Waals surface area contributed by atoms with Gasteiger partial charge in [0.15, 0.2) is 10.8 Å². The molecule has 1 aromatic carbocycles. The Morgan fingerprint density at radius 2 is 2.25 bits per heavy atom. The summed E-state index contributed by atoms with van der Waals surface area (Å²) in [4.78, 5) is 2.45. The van der Waals surface area contributed by atoms with Crippen molar-refractivity contribution in [3.05, 3.63) is 34.3 Å². The minimum absolute atomic E-state index is 0. The van der Waals surface area contributed by atoms with Crippen molar-refractivity contribution in [1.29, 1.82) is 0 Å². The Labute approximate surface area is 141 Å². The lowest BCUT2D eigenvalue weighted by Gasteiger charge is -2.34. The lowest BCUT2D eigenvalue weighted by molar-refractivity contribution is -0.0615. The number of halogens is 2. The first-order chi connectivity index (χ1) is 9.17. The van der Waals surface area contributed by atoms with Crippen molar-refractivity contribution in [2.75, 3.05) is 13.1 Å². The van der Waals surface area contributed by atoms with Gasteiger partial charge in [-0.25, -0.2) is 0 Å². The van der Waals surface area contributed by atoms with Gasteiger partial charge in [0.05, 0.1) is 0 Å². The Morgan fingerprint density at radius 1 is 1.45 bits per heavy atom. The van der Waals surface area contributed by atoms with Gasteiger partial charge in [-0.2, -0.15) is 0 Å².